The van der Waals surface area contributed by atoms with E-state index in [1.54, 1.807) is 19.2 Å². The first kappa shape index (κ1) is 18.8. The SMILES string of the molecule is Cn1c(N2CCC(CCc3ccc(O)cc3)CC2)c(C#N)c(=O)n(C)c1=O. The number of nitrogens with zero attached hydrogens (tertiary/aromatic N) is 4. The van der Waals surface area contributed by atoms with Crippen LogP contribution in [0.4, 0.5) is 5.82 Å². The number of aromatic nitrogens is 2. The minimum atomic E-state index is -0.537. The lowest BCUT2D eigenvalue weighted by molar-refractivity contribution is 0.378. The second kappa shape index (κ2) is 7.70. The summed E-state index contributed by atoms with van der Waals surface area (Å²) in [6.07, 6.45) is 3.91. The summed E-state index contributed by atoms with van der Waals surface area (Å²) in [5.41, 5.74) is 0.284. The molecule has 1 fully saturated rings. The molecule has 0 unspecified atom stereocenters. The van der Waals surface area contributed by atoms with E-state index in [2.05, 4.69) is 0 Å². The van der Waals surface area contributed by atoms with Gasteiger partial charge < -0.3 is 10.0 Å². The smallest absolute Gasteiger partial charge is 0.332 e. The van der Waals surface area contributed by atoms with E-state index in [9.17, 15) is 20.0 Å². The summed E-state index contributed by atoms with van der Waals surface area (Å²) in [5, 5.41) is 18.8. The van der Waals surface area contributed by atoms with Crippen LogP contribution < -0.4 is 16.1 Å². The Kier molecular flexibility index (Phi) is 5.36. The molecule has 142 valence electrons. The molecule has 0 atom stereocenters. The van der Waals surface area contributed by atoms with Crippen molar-refractivity contribution in [3.63, 3.8) is 0 Å². The van der Waals surface area contributed by atoms with E-state index in [-0.39, 0.29) is 11.3 Å². The van der Waals surface area contributed by atoms with Gasteiger partial charge in [0, 0.05) is 27.2 Å². The van der Waals surface area contributed by atoms with Crippen LogP contribution >= 0.6 is 0 Å². The average molecular weight is 368 g/mol. The Labute approximate surface area is 157 Å². The van der Waals surface area contributed by atoms with Gasteiger partial charge in [0.15, 0.2) is 5.56 Å². The van der Waals surface area contributed by atoms with E-state index < -0.39 is 11.2 Å². The highest BCUT2D eigenvalue weighted by atomic mass is 16.3. The standard InChI is InChI=1S/C20H24N4O3/c1-22-18(17(13-21)19(26)23(2)20(22)27)24-11-9-15(10-12-24)4-3-14-5-7-16(25)8-6-14/h5-8,15,25H,3-4,9-12H2,1-2H3. The van der Waals surface area contributed by atoms with Crippen LogP contribution in [0.25, 0.3) is 0 Å². The molecule has 7 nitrogen and oxygen atoms in total. The third kappa shape index (κ3) is 3.75. The number of phenolic OH excluding ortho intramolecular Hbond substituents is 1. The fraction of sp³-hybridized carbons (Fsp3) is 0.450. The Morgan fingerprint density at radius 1 is 1.11 bits per heavy atom. The van der Waals surface area contributed by atoms with Crippen LogP contribution in [0.1, 0.15) is 30.4 Å². The molecule has 1 saturated heterocycles. The normalized spacial score (nSPS) is 14.9. The second-order valence-electron chi connectivity index (χ2n) is 7.15. The quantitative estimate of drug-likeness (QED) is 0.883. The highest BCUT2D eigenvalue weighted by Gasteiger charge is 2.25. The number of anilines is 1. The first-order valence-electron chi connectivity index (χ1n) is 9.15. The number of benzene rings is 1. The minimum Gasteiger partial charge on any atom is -0.508 e. The molecule has 2 aromatic rings. The van der Waals surface area contributed by atoms with Crippen molar-refractivity contribution < 1.29 is 5.11 Å². The molecule has 7 heteroatoms. The van der Waals surface area contributed by atoms with Crippen LogP contribution in [0.2, 0.25) is 0 Å². The summed E-state index contributed by atoms with van der Waals surface area (Å²) in [6.45, 7) is 1.44. The van der Waals surface area contributed by atoms with Gasteiger partial charge in [0.2, 0.25) is 0 Å². The predicted molar refractivity (Wildman–Crippen MR) is 103 cm³/mol. The van der Waals surface area contributed by atoms with Gasteiger partial charge in [0.25, 0.3) is 5.56 Å². The van der Waals surface area contributed by atoms with Crippen molar-refractivity contribution in [2.24, 2.45) is 20.0 Å². The topological polar surface area (TPSA) is 91.3 Å². The second-order valence-corrected chi connectivity index (χ2v) is 7.15. The first-order chi connectivity index (χ1) is 12.9. The Hall–Kier alpha value is -3.01. The largest absolute Gasteiger partial charge is 0.508 e. The molecule has 27 heavy (non-hydrogen) atoms. The zero-order chi connectivity index (χ0) is 19.6. The Bertz CT molecular complexity index is 975. The summed E-state index contributed by atoms with van der Waals surface area (Å²) in [7, 11) is 3.00. The van der Waals surface area contributed by atoms with Gasteiger partial charge >= 0.3 is 5.69 Å². The summed E-state index contributed by atoms with van der Waals surface area (Å²) >= 11 is 0. The van der Waals surface area contributed by atoms with E-state index in [0.717, 1.165) is 43.3 Å². The summed E-state index contributed by atoms with van der Waals surface area (Å²) in [5.74, 6) is 1.27. The van der Waals surface area contributed by atoms with E-state index in [0.29, 0.717) is 11.7 Å². The number of phenols is 1. The Balaban J connectivity index is 1.69. The van der Waals surface area contributed by atoms with Crippen LogP contribution in [-0.4, -0.2) is 27.3 Å². The molecule has 0 spiro atoms. The first-order valence-corrected chi connectivity index (χ1v) is 9.15. The molecule has 0 radical (unpaired) electrons. The van der Waals surface area contributed by atoms with Crippen LogP contribution in [0, 0.1) is 17.2 Å². The molecule has 2 heterocycles. The number of aromatic hydroxyl groups is 1. The third-order valence-electron chi connectivity index (χ3n) is 5.44. The van der Waals surface area contributed by atoms with E-state index in [4.69, 9.17) is 0 Å². The molecular weight excluding hydrogens is 344 g/mol. The van der Waals surface area contributed by atoms with Gasteiger partial charge in [-0.25, -0.2) is 4.79 Å². The van der Waals surface area contributed by atoms with Crippen LogP contribution in [0.15, 0.2) is 33.9 Å². The summed E-state index contributed by atoms with van der Waals surface area (Å²) < 4.78 is 2.38. The highest BCUT2D eigenvalue weighted by molar-refractivity contribution is 5.53. The molecule has 0 aliphatic carbocycles. The maximum Gasteiger partial charge on any atom is 0.332 e. The molecule has 0 bridgehead atoms. The highest BCUT2D eigenvalue weighted by Crippen LogP contribution is 2.26. The maximum atomic E-state index is 12.3. The van der Waals surface area contributed by atoms with Crippen molar-refractivity contribution in [1.82, 2.24) is 9.13 Å². The molecule has 1 aliphatic rings. The fourth-order valence-electron chi connectivity index (χ4n) is 3.77. The lowest BCUT2D eigenvalue weighted by Gasteiger charge is -2.34. The number of hydrogen-bond donors (Lipinski definition) is 1. The summed E-state index contributed by atoms with van der Waals surface area (Å²) in [6, 6.07) is 9.28. The molecule has 1 aliphatic heterocycles. The molecule has 1 aromatic carbocycles. The average Bonchev–Trinajstić information content (AvgIpc) is 2.69. The Morgan fingerprint density at radius 2 is 1.74 bits per heavy atom. The van der Waals surface area contributed by atoms with Crippen molar-refractivity contribution in [2.45, 2.75) is 25.7 Å². The van der Waals surface area contributed by atoms with Gasteiger partial charge in [0.05, 0.1) is 0 Å². The van der Waals surface area contributed by atoms with Gasteiger partial charge in [-0.05, 0) is 49.3 Å². The number of hydrogen-bond acceptors (Lipinski definition) is 5. The summed E-state index contributed by atoms with van der Waals surface area (Å²) in [4.78, 5) is 26.5. The molecule has 0 saturated carbocycles. The fourth-order valence-corrected chi connectivity index (χ4v) is 3.77. The van der Waals surface area contributed by atoms with Crippen LogP contribution in [0.3, 0.4) is 0 Å². The number of nitriles is 1. The molecule has 0 amide bonds. The van der Waals surface area contributed by atoms with E-state index in [1.807, 2.05) is 23.1 Å². The van der Waals surface area contributed by atoms with Crippen LogP contribution in [0.5, 0.6) is 5.75 Å². The molecule has 3 rings (SSSR count). The number of piperidine rings is 1. The molecule has 1 aromatic heterocycles. The lowest BCUT2D eigenvalue weighted by Crippen LogP contribution is -2.44. The zero-order valence-corrected chi connectivity index (χ0v) is 15.7. The monoisotopic (exact) mass is 368 g/mol. The maximum absolute atomic E-state index is 12.3. The molecule has 1 N–H and O–H groups in total. The van der Waals surface area contributed by atoms with Gasteiger partial charge in [-0.1, -0.05) is 12.1 Å². The number of rotatable bonds is 4. The lowest BCUT2D eigenvalue weighted by atomic mass is 9.90. The van der Waals surface area contributed by atoms with E-state index >= 15 is 0 Å². The predicted octanol–water partition coefficient (Wildman–Crippen LogP) is 1.51. The number of aryl methyl sites for hydroxylation is 1. The van der Waals surface area contributed by atoms with Gasteiger partial charge in [-0.15, -0.1) is 0 Å². The van der Waals surface area contributed by atoms with Gasteiger partial charge in [-0.2, -0.15) is 5.26 Å². The van der Waals surface area contributed by atoms with Crippen molar-refractivity contribution in [2.75, 3.05) is 18.0 Å². The van der Waals surface area contributed by atoms with E-state index in [1.165, 1.54) is 17.2 Å². The third-order valence-corrected chi connectivity index (χ3v) is 5.44. The van der Waals surface area contributed by atoms with Crippen molar-refractivity contribution in [3.8, 4) is 11.8 Å². The van der Waals surface area contributed by atoms with Crippen molar-refractivity contribution in [1.29, 1.82) is 5.26 Å². The molecular formula is C20H24N4O3. The zero-order valence-electron chi connectivity index (χ0n) is 15.7. The minimum absolute atomic E-state index is 0.0298. The van der Waals surface area contributed by atoms with Gasteiger partial charge in [0.1, 0.15) is 17.6 Å². The Morgan fingerprint density at radius 3 is 2.33 bits per heavy atom. The van der Waals surface area contributed by atoms with Gasteiger partial charge in [-0.3, -0.25) is 13.9 Å². The van der Waals surface area contributed by atoms with Crippen molar-refractivity contribution in [3.05, 3.63) is 56.2 Å². The van der Waals surface area contributed by atoms with Crippen molar-refractivity contribution >= 4 is 5.82 Å². The van der Waals surface area contributed by atoms with Crippen LogP contribution in [-0.2, 0) is 20.5 Å².